The van der Waals surface area contributed by atoms with Crippen molar-refractivity contribution in [3.63, 3.8) is 0 Å². The van der Waals surface area contributed by atoms with Crippen LogP contribution in [0.2, 0.25) is 0 Å². The van der Waals surface area contributed by atoms with Crippen LogP contribution in [0.15, 0.2) is 49.1 Å². The summed E-state index contributed by atoms with van der Waals surface area (Å²) in [5, 5.41) is 3.22. The van der Waals surface area contributed by atoms with Gasteiger partial charge in [0.05, 0.1) is 34.8 Å². The summed E-state index contributed by atoms with van der Waals surface area (Å²) in [4.78, 5) is 47.6. The Bertz CT molecular complexity index is 1900. The van der Waals surface area contributed by atoms with Gasteiger partial charge in [0.2, 0.25) is 11.8 Å². The van der Waals surface area contributed by atoms with Crippen LogP contribution in [0, 0.1) is 5.82 Å². The van der Waals surface area contributed by atoms with Gasteiger partial charge in [-0.1, -0.05) is 25.5 Å². The summed E-state index contributed by atoms with van der Waals surface area (Å²) in [6.45, 7) is 9.53. The molecule has 3 aromatic heterocycles. The van der Waals surface area contributed by atoms with Crippen molar-refractivity contribution in [1.29, 1.82) is 0 Å². The highest BCUT2D eigenvalue weighted by molar-refractivity contribution is 6.09. The number of carbonyl (C=O) groups excluding carboxylic acids is 2. The number of rotatable bonds is 7. The third kappa shape index (κ3) is 5.37. The number of piperidine rings is 2. The van der Waals surface area contributed by atoms with Gasteiger partial charge >= 0.3 is 0 Å². The molecule has 1 aromatic carbocycles. The van der Waals surface area contributed by atoms with Crippen LogP contribution < -0.4 is 10.2 Å². The monoisotopic (exact) mass is 664 g/mol. The lowest BCUT2D eigenvalue weighted by Gasteiger charge is -2.48. The number of amides is 2. The summed E-state index contributed by atoms with van der Waals surface area (Å²) in [5.74, 6) is 0.365. The third-order valence-electron chi connectivity index (χ3n) is 11.5. The fraction of sp³-hybridized carbons (Fsp3) is 0.500. The number of hydrogen-bond donors (Lipinski definition) is 1. The zero-order valence-electron chi connectivity index (χ0n) is 28.7. The standard InChI is InChI=1S/C38H45FN8O2/c1-4-34(48)45-16-11-38(12-17-45)28-9-8-25(18-33(28)47(37(38)49)27-19-26(20-27)44-14-6-5-7-15-44)31-21-32-35(46(23-41-32)24(2)3)36(43-31)42-30-10-13-40-22-29(30)39/h8-10,13,18,21-24,26-27H,4-7,11-12,14-17,19-20H2,1-3H3,(H,40,42,43)/t26-,27+. The summed E-state index contributed by atoms with van der Waals surface area (Å²) in [5.41, 5.74) is 4.78. The fourth-order valence-electron chi connectivity index (χ4n) is 8.60. The summed E-state index contributed by atoms with van der Waals surface area (Å²) >= 11 is 0. The number of pyridine rings is 2. The molecule has 1 saturated carbocycles. The number of nitrogens with zero attached hydrogens (tertiary/aromatic N) is 7. The van der Waals surface area contributed by atoms with E-state index in [9.17, 15) is 14.0 Å². The van der Waals surface area contributed by atoms with E-state index in [1.807, 2.05) is 22.5 Å². The lowest BCUT2D eigenvalue weighted by molar-refractivity contribution is -0.135. The molecule has 3 aliphatic heterocycles. The molecular formula is C38H45FN8O2. The first-order chi connectivity index (χ1) is 23.8. The van der Waals surface area contributed by atoms with E-state index in [0.717, 1.165) is 53.8 Å². The summed E-state index contributed by atoms with van der Waals surface area (Å²) in [6, 6.07) is 10.7. The lowest BCUT2D eigenvalue weighted by Crippen LogP contribution is -2.58. The molecule has 0 radical (unpaired) electrons. The average molecular weight is 665 g/mol. The fourth-order valence-corrected chi connectivity index (χ4v) is 8.60. The highest BCUT2D eigenvalue weighted by atomic mass is 19.1. The maximum atomic E-state index is 14.8. The summed E-state index contributed by atoms with van der Waals surface area (Å²) < 4.78 is 16.8. The Morgan fingerprint density at radius 3 is 2.53 bits per heavy atom. The molecule has 11 heteroatoms. The van der Waals surface area contributed by atoms with Gasteiger partial charge in [-0.3, -0.25) is 14.6 Å². The van der Waals surface area contributed by atoms with Crippen LogP contribution in [-0.2, 0) is 15.0 Å². The molecule has 4 aromatic rings. The average Bonchev–Trinajstić information content (AvgIpc) is 3.63. The van der Waals surface area contributed by atoms with Gasteiger partial charge < -0.3 is 24.6 Å². The molecule has 1 N–H and O–H groups in total. The minimum atomic E-state index is -0.631. The first-order valence-corrected chi connectivity index (χ1v) is 18.0. The van der Waals surface area contributed by atoms with Crippen molar-refractivity contribution in [3.05, 3.63) is 60.4 Å². The SMILES string of the molecule is CCC(=O)N1CCC2(CC1)C(=O)N([C@H]1C[C@@H](N3CCCCC3)C1)c1cc(-c3cc4ncn(C(C)C)c4c(Nc4ccncc4F)n3)ccc12. The highest BCUT2D eigenvalue weighted by Gasteiger charge is 2.55. The van der Waals surface area contributed by atoms with Gasteiger partial charge in [0.15, 0.2) is 11.6 Å². The minimum absolute atomic E-state index is 0.117. The molecule has 2 amide bonds. The molecular weight excluding hydrogens is 619 g/mol. The number of nitrogens with one attached hydrogen (secondary N) is 1. The zero-order chi connectivity index (χ0) is 33.9. The Morgan fingerprint density at radius 1 is 1.04 bits per heavy atom. The van der Waals surface area contributed by atoms with Crippen molar-refractivity contribution < 1.29 is 14.0 Å². The summed E-state index contributed by atoms with van der Waals surface area (Å²) in [7, 11) is 0. The molecule has 0 atom stereocenters. The number of fused-ring (bicyclic) bond motifs is 3. The van der Waals surface area contributed by atoms with E-state index >= 15 is 0 Å². The number of imidazole rings is 1. The second-order valence-corrected chi connectivity index (χ2v) is 14.5. The van der Waals surface area contributed by atoms with Gasteiger partial charge in [-0.2, -0.15) is 0 Å². The topological polar surface area (TPSA) is 99.5 Å². The quantitative estimate of drug-likeness (QED) is 0.238. The zero-order valence-corrected chi connectivity index (χ0v) is 28.7. The molecule has 1 spiro atoms. The molecule has 49 heavy (non-hydrogen) atoms. The van der Waals surface area contributed by atoms with E-state index in [1.54, 1.807) is 18.6 Å². The number of aromatic nitrogens is 4. The Hall–Kier alpha value is -4.38. The number of benzene rings is 1. The number of carbonyl (C=O) groups is 2. The second-order valence-electron chi connectivity index (χ2n) is 14.5. The van der Waals surface area contributed by atoms with Gasteiger partial charge in [0, 0.05) is 55.1 Å². The molecule has 0 unspecified atom stereocenters. The molecule has 10 nitrogen and oxygen atoms in total. The van der Waals surface area contributed by atoms with Crippen molar-refractivity contribution in [2.75, 3.05) is 36.4 Å². The summed E-state index contributed by atoms with van der Waals surface area (Å²) in [6.07, 6.45) is 12.0. The molecule has 3 fully saturated rings. The molecule has 256 valence electrons. The van der Waals surface area contributed by atoms with Crippen LogP contribution in [0.1, 0.15) is 83.7 Å². The number of anilines is 3. The third-order valence-corrected chi connectivity index (χ3v) is 11.5. The van der Waals surface area contributed by atoms with Gasteiger partial charge in [-0.05, 0) is 89.2 Å². The van der Waals surface area contributed by atoms with Crippen molar-refractivity contribution in [2.24, 2.45) is 0 Å². The molecule has 2 saturated heterocycles. The Kier molecular flexibility index (Phi) is 8.13. The second kappa shape index (κ2) is 12.5. The Morgan fingerprint density at radius 2 is 1.82 bits per heavy atom. The minimum Gasteiger partial charge on any atom is -0.343 e. The lowest BCUT2D eigenvalue weighted by atomic mass is 9.73. The van der Waals surface area contributed by atoms with Crippen LogP contribution in [0.25, 0.3) is 22.3 Å². The van der Waals surface area contributed by atoms with Gasteiger partial charge in [-0.25, -0.2) is 14.4 Å². The van der Waals surface area contributed by atoms with Crippen molar-refractivity contribution in [2.45, 2.75) is 95.7 Å². The molecule has 0 bridgehead atoms. The largest absolute Gasteiger partial charge is 0.343 e. The Labute approximate surface area is 286 Å². The Balaban J connectivity index is 1.19. The van der Waals surface area contributed by atoms with Crippen LogP contribution in [0.3, 0.4) is 0 Å². The maximum Gasteiger partial charge on any atom is 0.238 e. The number of likely N-dealkylation sites (tertiary alicyclic amines) is 2. The molecule has 4 aliphatic rings. The van der Waals surface area contributed by atoms with E-state index in [1.165, 1.54) is 25.5 Å². The van der Waals surface area contributed by atoms with Crippen molar-refractivity contribution in [3.8, 4) is 11.3 Å². The van der Waals surface area contributed by atoms with Gasteiger partial charge in [0.25, 0.3) is 0 Å². The first-order valence-electron chi connectivity index (χ1n) is 18.0. The van der Waals surface area contributed by atoms with Gasteiger partial charge in [0.1, 0.15) is 5.52 Å². The highest BCUT2D eigenvalue weighted by Crippen LogP contribution is 2.52. The molecule has 6 heterocycles. The van der Waals surface area contributed by atoms with E-state index < -0.39 is 11.2 Å². The van der Waals surface area contributed by atoms with Crippen molar-refractivity contribution in [1.82, 2.24) is 29.3 Å². The van der Waals surface area contributed by atoms with Crippen LogP contribution >= 0.6 is 0 Å². The van der Waals surface area contributed by atoms with Crippen LogP contribution in [-0.4, -0.2) is 79.4 Å². The van der Waals surface area contributed by atoms with Gasteiger partial charge in [-0.15, -0.1) is 0 Å². The predicted molar refractivity (Wildman–Crippen MR) is 188 cm³/mol. The van der Waals surface area contributed by atoms with E-state index in [2.05, 4.69) is 52.1 Å². The van der Waals surface area contributed by atoms with E-state index in [0.29, 0.717) is 49.9 Å². The van der Waals surface area contributed by atoms with E-state index in [-0.39, 0.29) is 29.6 Å². The smallest absolute Gasteiger partial charge is 0.238 e. The first kappa shape index (κ1) is 31.9. The molecule has 8 rings (SSSR count). The number of halogens is 1. The van der Waals surface area contributed by atoms with Crippen LogP contribution in [0.5, 0.6) is 0 Å². The van der Waals surface area contributed by atoms with Crippen LogP contribution in [0.4, 0.5) is 21.6 Å². The molecule has 1 aliphatic carbocycles. The van der Waals surface area contributed by atoms with Crippen molar-refractivity contribution >= 4 is 40.0 Å². The van der Waals surface area contributed by atoms with E-state index in [4.69, 9.17) is 9.97 Å². The predicted octanol–water partition coefficient (Wildman–Crippen LogP) is 6.59. The number of hydrogen-bond acceptors (Lipinski definition) is 7. The normalized spacial score (nSPS) is 22.2. The maximum absolute atomic E-state index is 14.8.